The summed E-state index contributed by atoms with van der Waals surface area (Å²) in [6.07, 6.45) is -0.761. The molecule has 1 saturated heterocycles. The quantitative estimate of drug-likeness (QED) is 0.762. The highest BCUT2D eigenvalue weighted by Crippen LogP contribution is 2.26. The van der Waals surface area contributed by atoms with E-state index in [9.17, 15) is 13.2 Å². The molecule has 1 heterocycles. The van der Waals surface area contributed by atoms with E-state index in [0.29, 0.717) is 5.92 Å². The first-order valence-corrected chi connectivity index (χ1v) is 6.89. The summed E-state index contributed by atoms with van der Waals surface area (Å²) < 4.78 is 42.1. The Morgan fingerprint density at radius 1 is 1.28 bits per heavy atom. The van der Waals surface area contributed by atoms with Gasteiger partial charge in [-0.2, -0.15) is 13.2 Å². The summed E-state index contributed by atoms with van der Waals surface area (Å²) in [6.45, 7) is 4.34. The number of ether oxygens (including phenoxy) is 1. The van der Waals surface area contributed by atoms with Crippen molar-refractivity contribution >= 4 is 0 Å². The molecule has 18 heavy (non-hydrogen) atoms. The lowest BCUT2D eigenvalue weighted by Gasteiger charge is -2.27. The van der Waals surface area contributed by atoms with Crippen LogP contribution in [-0.4, -0.2) is 32.0 Å². The predicted molar refractivity (Wildman–Crippen MR) is 65.5 cm³/mol. The molecule has 1 fully saturated rings. The second-order valence-electron chi connectivity index (χ2n) is 5.10. The van der Waals surface area contributed by atoms with E-state index >= 15 is 0 Å². The van der Waals surface area contributed by atoms with Gasteiger partial charge < -0.3 is 10.1 Å². The van der Waals surface area contributed by atoms with Crippen molar-refractivity contribution in [3.63, 3.8) is 0 Å². The Hall–Kier alpha value is -0.290. The van der Waals surface area contributed by atoms with E-state index < -0.39 is 12.6 Å². The van der Waals surface area contributed by atoms with Crippen LogP contribution in [-0.2, 0) is 4.74 Å². The normalized spacial score (nSPS) is 20.0. The van der Waals surface area contributed by atoms with Crippen molar-refractivity contribution in [2.24, 2.45) is 5.92 Å². The van der Waals surface area contributed by atoms with E-state index in [1.807, 2.05) is 6.92 Å². The Bertz CT molecular complexity index is 215. The van der Waals surface area contributed by atoms with Crippen LogP contribution in [0.5, 0.6) is 0 Å². The molecule has 1 aliphatic rings. The second kappa shape index (κ2) is 8.00. The summed E-state index contributed by atoms with van der Waals surface area (Å²) in [7, 11) is 0. The largest absolute Gasteiger partial charge is 0.389 e. The number of hydrogen-bond donors (Lipinski definition) is 1. The molecule has 108 valence electrons. The van der Waals surface area contributed by atoms with Gasteiger partial charge in [0.15, 0.2) is 0 Å². The van der Waals surface area contributed by atoms with E-state index in [0.717, 1.165) is 45.4 Å². The molecular formula is C13H24F3NO. The van der Waals surface area contributed by atoms with Gasteiger partial charge in [-0.25, -0.2) is 0 Å². The van der Waals surface area contributed by atoms with Crippen molar-refractivity contribution in [3.8, 4) is 0 Å². The van der Waals surface area contributed by atoms with Gasteiger partial charge >= 0.3 is 6.18 Å². The summed E-state index contributed by atoms with van der Waals surface area (Å²) in [5, 5.41) is 3.25. The molecule has 1 N–H and O–H groups in total. The minimum absolute atomic E-state index is 0.00493. The number of alkyl halides is 3. The summed E-state index contributed by atoms with van der Waals surface area (Å²) in [5.41, 5.74) is 0. The fraction of sp³-hybridized carbons (Fsp3) is 1.00. The van der Waals surface area contributed by atoms with Gasteiger partial charge in [0, 0.05) is 25.7 Å². The van der Waals surface area contributed by atoms with Crippen molar-refractivity contribution in [1.82, 2.24) is 5.32 Å². The number of nitrogens with one attached hydrogen (secondary N) is 1. The molecule has 0 bridgehead atoms. The Morgan fingerprint density at radius 3 is 2.50 bits per heavy atom. The van der Waals surface area contributed by atoms with Crippen LogP contribution in [0, 0.1) is 5.92 Å². The lowest BCUT2D eigenvalue weighted by Crippen LogP contribution is -2.34. The highest BCUT2D eigenvalue weighted by atomic mass is 19.4. The fourth-order valence-corrected chi connectivity index (χ4v) is 2.37. The summed E-state index contributed by atoms with van der Waals surface area (Å²) in [6, 6.07) is -0.00493. The molecule has 1 aliphatic heterocycles. The average Bonchev–Trinajstić information content (AvgIpc) is 2.33. The van der Waals surface area contributed by atoms with Crippen LogP contribution in [0.25, 0.3) is 0 Å². The van der Waals surface area contributed by atoms with E-state index in [2.05, 4.69) is 5.32 Å². The maximum atomic E-state index is 12.3. The zero-order valence-electron chi connectivity index (χ0n) is 11.1. The van der Waals surface area contributed by atoms with Crippen LogP contribution in [0.15, 0.2) is 0 Å². The maximum absolute atomic E-state index is 12.3. The number of rotatable bonds is 7. The standard InChI is InChI=1S/C13H24F3NO/c1-2-7-17-12(3-6-13(14,15)16)10-11-4-8-18-9-5-11/h11-12,17H,2-10H2,1H3. The topological polar surface area (TPSA) is 21.3 Å². The van der Waals surface area contributed by atoms with E-state index in [1.165, 1.54) is 0 Å². The highest BCUT2D eigenvalue weighted by molar-refractivity contribution is 4.75. The lowest BCUT2D eigenvalue weighted by molar-refractivity contribution is -0.137. The predicted octanol–water partition coefficient (Wildman–Crippen LogP) is 3.51. The third-order valence-corrected chi connectivity index (χ3v) is 3.42. The zero-order valence-corrected chi connectivity index (χ0v) is 11.1. The van der Waals surface area contributed by atoms with Crippen LogP contribution in [0.1, 0.15) is 45.4 Å². The van der Waals surface area contributed by atoms with E-state index in [-0.39, 0.29) is 12.5 Å². The third kappa shape index (κ3) is 7.21. The summed E-state index contributed by atoms with van der Waals surface area (Å²) >= 11 is 0. The number of halogens is 3. The first-order chi connectivity index (χ1) is 8.51. The fourth-order valence-electron chi connectivity index (χ4n) is 2.37. The molecule has 2 nitrogen and oxygen atoms in total. The average molecular weight is 267 g/mol. The van der Waals surface area contributed by atoms with E-state index in [1.54, 1.807) is 0 Å². The molecule has 0 aromatic rings. The van der Waals surface area contributed by atoms with Gasteiger partial charge in [-0.3, -0.25) is 0 Å². The first-order valence-electron chi connectivity index (χ1n) is 6.89. The smallest absolute Gasteiger partial charge is 0.381 e. The van der Waals surface area contributed by atoms with Gasteiger partial charge in [-0.05, 0) is 44.6 Å². The summed E-state index contributed by atoms with van der Waals surface area (Å²) in [5.74, 6) is 0.515. The zero-order chi connectivity index (χ0) is 13.4. The molecule has 0 saturated carbocycles. The third-order valence-electron chi connectivity index (χ3n) is 3.42. The lowest BCUT2D eigenvalue weighted by atomic mass is 9.90. The minimum Gasteiger partial charge on any atom is -0.381 e. The van der Waals surface area contributed by atoms with Crippen LogP contribution in [0.4, 0.5) is 13.2 Å². The molecular weight excluding hydrogens is 243 g/mol. The van der Waals surface area contributed by atoms with Gasteiger partial charge in [-0.1, -0.05) is 6.92 Å². The molecule has 5 heteroatoms. The first kappa shape index (κ1) is 15.8. The SMILES string of the molecule is CCCNC(CCC(F)(F)F)CC1CCOCC1. The Labute approximate surface area is 107 Å². The Balaban J connectivity index is 2.33. The molecule has 1 atom stereocenters. The molecule has 0 aromatic carbocycles. The molecule has 0 amide bonds. The molecule has 0 spiro atoms. The highest BCUT2D eigenvalue weighted by Gasteiger charge is 2.29. The van der Waals surface area contributed by atoms with Gasteiger partial charge in [-0.15, -0.1) is 0 Å². The Morgan fingerprint density at radius 2 is 1.94 bits per heavy atom. The minimum atomic E-state index is -4.04. The van der Waals surface area contributed by atoms with Crippen molar-refractivity contribution in [3.05, 3.63) is 0 Å². The van der Waals surface area contributed by atoms with Crippen molar-refractivity contribution in [2.75, 3.05) is 19.8 Å². The van der Waals surface area contributed by atoms with E-state index in [4.69, 9.17) is 4.74 Å². The van der Waals surface area contributed by atoms with Crippen molar-refractivity contribution in [2.45, 2.75) is 57.7 Å². The molecule has 0 aromatic heterocycles. The molecule has 1 rings (SSSR count). The Kier molecular flexibility index (Phi) is 7.00. The van der Waals surface area contributed by atoms with Gasteiger partial charge in [0.2, 0.25) is 0 Å². The van der Waals surface area contributed by atoms with Gasteiger partial charge in [0.25, 0.3) is 0 Å². The van der Waals surface area contributed by atoms with Crippen LogP contribution in [0.3, 0.4) is 0 Å². The maximum Gasteiger partial charge on any atom is 0.389 e. The summed E-state index contributed by atoms with van der Waals surface area (Å²) in [4.78, 5) is 0. The van der Waals surface area contributed by atoms with Crippen molar-refractivity contribution in [1.29, 1.82) is 0 Å². The second-order valence-corrected chi connectivity index (χ2v) is 5.10. The van der Waals surface area contributed by atoms with Crippen LogP contribution in [0.2, 0.25) is 0 Å². The molecule has 1 unspecified atom stereocenters. The van der Waals surface area contributed by atoms with Gasteiger partial charge in [0.1, 0.15) is 0 Å². The van der Waals surface area contributed by atoms with Crippen LogP contribution < -0.4 is 5.32 Å². The van der Waals surface area contributed by atoms with Crippen molar-refractivity contribution < 1.29 is 17.9 Å². The monoisotopic (exact) mass is 267 g/mol. The van der Waals surface area contributed by atoms with Gasteiger partial charge in [0.05, 0.1) is 0 Å². The molecule has 0 radical (unpaired) electrons. The van der Waals surface area contributed by atoms with Crippen LogP contribution >= 0.6 is 0 Å². The molecule has 0 aliphatic carbocycles. The number of hydrogen-bond acceptors (Lipinski definition) is 2.